The molecule has 0 saturated carbocycles. The molecule has 1 atom stereocenters. The fourth-order valence-electron chi connectivity index (χ4n) is 3.17. The van der Waals surface area contributed by atoms with Gasteiger partial charge in [-0.3, -0.25) is 15.1 Å². The van der Waals surface area contributed by atoms with Gasteiger partial charge in [0.2, 0.25) is 0 Å². The van der Waals surface area contributed by atoms with Gasteiger partial charge in [0.1, 0.15) is 5.84 Å². The average molecular weight is 369 g/mol. The van der Waals surface area contributed by atoms with Gasteiger partial charge in [0.25, 0.3) is 5.91 Å². The van der Waals surface area contributed by atoms with Crippen LogP contribution in [0.1, 0.15) is 22.5 Å². The molecular weight excluding hydrogens is 344 g/mol. The number of amides is 1. The number of likely N-dealkylation sites (N-methyl/N-ethyl adjacent to an activating group) is 1. The maximum absolute atomic E-state index is 13.0. The second-order valence-corrected chi connectivity index (χ2v) is 7.39. The normalized spacial score (nSPS) is 18.0. The van der Waals surface area contributed by atoms with Crippen molar-refractivity contribution in [1.82, 2.24) is 9.80 Å². The fourth-order valence-corrected chi connectivity index (χ4v) is 3.83. The summed E-state index contributed by atoms with van der Waals surface area (Å²) in [6.45, 7) is 1.83. The van der Waals surface area contributed by atoms with E-state index in [-0.39, 0.29) is 17.8 Å². The molecule has 136 valence electrons. The van der Waals surface area contributed by atoms with Crippen molar-refractivity contribution in [1.29, 1.82) is 5.41 Å². The molecule has 1 fully saturated rings. The number of benzene rings is 1. The lowest BCUT2D eigenvalue weighted by atomic mass is 10.0. The molecule has 1 aliphatic rings. The summed E-state index contributed by atoms with van der Waals surface area (Å²) in [5, 5.41) is 13.6. The molecule has 2 N–H and O–H groups in total. The molecule has 1 aliphatic heterocycles. The largest absolute Gasteiger partial charge is 0.362 e. The molecule has 0 spiro atoms. The van der Waals surface area contributed by atoms with E-state index in [0.29, 0.717) is 4.88 Å². The summed E-state index contributed by atoms with van der Waals surface area (Å²) in [7, 11) is 2.07. The summed E-state index contributed by atoms with van der Waals surface area (Å²) in [6, 6.07) is 13.5. The molecule has 1 amide bonds. The number of rotatable bonds is 5. The van der Waals surface area contributed by atoms with Gasteiger partial charge >= 0.3 is 0 Å². The number of carbonyl (C=O) groups is 1. The van der Waals surface area contributed by atoms with Gasteiger partial charge in [0, 0.05) is 18.4 Å². The molecule has 0 radical (unpaired) electrons. The Morgan fingerprint density at radius 2 is 2.12 bits per heavy atom. The van der Waals surface area contributed by atoms with Crippen molar-refractivity contribution in [3.63, 3.8) is 0 Å². The molecule has 5 nitrogen and oxygen atoms in total. The predicted molar refractivity (Wildman–Crippen MR) is 108 cm³/mol. The minimum Gasteiger partial charge on any atom is -0.362 e. The van der Waals surface area contributed by atoms with Crippen molar-refractivity contribution in [2.75, 3.05) is 25.5 Å². The lowest BCUT2D eigenvalue weighted by Gasteiger charge is -2.37. The molecule has 26 heavy (non-hydrogen) atoms. The molecule has 1 unspecified atom stereocenters. The second kappa shape index (κ2) is 8.78. The van der Waals surface area contributed by atoms with Crippen molar-refractivity contribution >= 4 is 28.8 Å². The first-order chi connectivity index (χ1) is 12.6. The van der Waals surface area contributed by atoms with Crippen LogP contribution in [-0.4, -0.2) is 47.7 Å². The highest BCUT2D eigenvalue weighted by Gasteiger charge is 2.30. The molecule has 1 aromatic heterocycles. The van der Waals surface area contributed by atoms with Crippen molar-refractivity contribution in [3.8, 4) is 0 Å². The second-order valence-electron chi connectivity index (χ2n) is 6.44. The van der Waals surface area contributed by atoms with E-state index in [1.807, 2.05) is 47.8 Å². The quantitative estimate of drug-likeness (QED) is 0.622. The maximum atomic E-state index is 13.0. The van der Waals surface area contributed by atoms with Crippen molar-refractivity contribution < 1.29 is 4.79 Å². The maximum Gasteiger partial charge on any atom is 0.269 e. The molecule has 0 bridgehead atoms. The van der Waals surface area contributed by atoms with E-state index in [0.717, 1.165) is 31.6 Å². The summed E-state index contributed by atoms with van der Waals surface area (Å²) < 4.78 is 0. The number of likely N-dealkylation sites (tertiary alicyclic amines) is 1. The molecular formula is C20H24N4OS. The van der Waals surface area contributed by atoms with Crippen LogP contribution in [0.3, 0.4) is 0 Å². The predicted octanol–water partition coefficient (Wildman–Crippen LogP) is 3.89. The van der Waals surface area contributed by atoms with Crippen LogP contribution in [0.4, 0.5) is 5.69 Å². The number of nitrogens with zero attached hydrogens (tertiary/aromatic N) is 2. The van der Waals surface area contributed by atoms with Gasteiger partial charge in [-0.05, 0) is 56.1 Å². The Hall–Kier alpha value is -2.44. The first-order valence-corrected chi connectivity index (χ1v) is 9.65. The van der Waals surface area contributed by atoms with Gasteiger partial charge in [-0.1, -0.05) is 24.3 Å². The Morgan fingerprint density at radius 1 is 1.31 bits per heavy atom. The molecule has 2 heterocycles. The zero-order chi connectivity index (χ0) is 18.4. The minimum absolute atomic E-state index is 0.0252. The van der Waals surface area contributed by atoms with Crippen LogP contribution in [-0.2, 0) is 0 Å². The van der Waals surface area contributed by atoms with Gasteiger partial charge in [-0.15, -0.1) is 11.3 Å². The third-order valence-electron chi connectivity index (χ3n) is 4.44. The van der Waals surface area contributed by atoms with Crippen molar-refractivity contribution in [3.05, 3.63) is 65.0 Å². The minimum atomic E-state index is -0.0883. The number of amidine groups is 1. The number of hydrogen-bond donors (Lipinski definition) is 2. The molecule has 1 saturated heterocycles. The van der Waals surface area contributed by atoms with Gasteiger partial charge in [0.05, 0.1) is 10.9 Å². The molecule has 0 aliphatic carbocycles. The number of anilines is 1. The molecule has 3 rings (SSSR count). The Labute approximate surface area is 158 Å². The number of piperidine rings is 1. The highest BCUT2D eigenvalue weighted by Crippen LogP contribution is 2.20. The van der Waals surface area contributed by atoms with E-state index in [1.54, 1.807) is 17.2 Å². The topological polar surface area (TPSA) is 59.4 Å². The Balaban J connectivity index is 1.75. The van der Waals surface area contributed by atoms with Gasteiger partial charge in [0.15, 0.2) is 0 Å². The molecule has 1 aromatic carbocycles. The third kappa shape index (κ3) is 4.59. The van der Waals surface area contributed by atoms with E-state index in [1.165, 1.54) is 11.3 Å². The number of carbonyl (C=O) groups excluding carboxylic acids is 1. The fraction of sp³-hybridized carbons (Fsp3) is 0.300. The Kier molecular flexibility index (Phi) is 6.20. The number of para-hydroxylation sites is 1. The number of hydrogen-bond acceptors (Lipinski definition) is 5. The third-order valence-corrected chi connectivity index (χ3v) is 5.30. The zero-order valence-corrected chi connectivity index (χ0v) is 15.7. The van der Waals surface area contributed by atoms with Crippen LogP contribution in [0.5, 0.6) is 0 Å². The lowest BCUT2D eigenvalue weighted by Crippen LogP contribution is -2.51. The first kappa shape index (κ1) is 18.4. The summed E-state index contributed by atoms with van der Waals surface area (Å²) in [5.41, 5.74) is 0.949. The number of nitrogens with one attached hydrogen (secondary N) is 2. The van der Waals surface area contributed by atoms with Gasteiger partial charge < -0.3 is 10.2 Å². The number of thiophene rings is 1. The first-order valence-electron chi connectivity index (χ1n) is 8.77. The SMILES string of the molecule is CN1CCCC(N(C(=N)/C=C\Nc2ccccc2)C(=O)c2cccs2)C1. The van der Waals surface area contributed by atoms with Crippen LogP contribution in [0, 0.1) is 5.41 Å². The average Bonchev–Trinajstić information content (AvgIpc) is 3.17. The van der Waals surface area contributed by atoms with Gasteiger partial charge in [-0.2, -0.15) is 0 Å². The van der Waals surface area contributed by atoms with Gasteiger partial charge in [-0.25, -0.2) is 0 Å². The van der Waals surface area contributed by atoms with Crippen molar-refractivity contribution in [2.24, 2.45) is 0 Å². The molecule has 2 aromatic rings. The van der Waals surface area contributed by atoms with E-state index in [9.17, 15) is 4.79 Å². The Bertz CT molecular complexity index is 757. The summed E-state index contributed by atoms with van der Waals surface area (Å²) in [5.74, 6) is 0.127. The van der Waals surface area contributed by atoms with E-state index in [2.05, 4.69) is 17.3 Å². The summed E-state index contributed by atoms with van der Waals surface area (Å²) in [4.78, 5) is 17.6. The van der Waals surface area contributed by atoms with Crippen LogP contribution in [0.2, 0.25) is 0 Å². The highest BCUT2D eigenvalue weighted by molar-refractivity contribution is 7.12. The molecule has 6 heteroatoms. The van der Waals surface area contributed by atoms with Crippen LogP contribution in [0.15, 0.2) is 60.1 Å². The van der Waals surface area contributed by atoms with E-state index in [4.69, 9.17) is 5.41 Å². The summed E-state index contributed by atoms with van der Waals surface area (Å²) in [6.07, 6.45) is 5.34. The van der Waals surface area contributed by atoms with E-state index < -0.39 is 0 Å². The summed E-state index contributed by atoms with van der Waals surface area (Å²) >= 11 is 1.42. The smallest absolute Gasteiger partial charge is 0.269 e. The zero-order valence-electron chi connectivity index (χ0n) is 14.9. The van der Waals surface area contributed by atoms with Crippen LogP contribution < -0.4 is 5.32 Å². The van der Waals surface area contributed by atoms with E-state index >= 15 is 0 Å². The lowest BCUT2D eigenvalue weighted by molar-refractivity contribution is 0.0741. The van der Waals surface area contributed by atoms with Crippen molar-refractivity contribution in [2.45, 2.75) is 18.9 Å². The van der Waals surface area contributed by atoms with Crippen LogP contribution >= 0.6 is 11.3 Å². The van der Waals surface area contributed by atoms with Crippen LogP contribution in [0.25, 0.3) is 0 Å². The Morgan fingerprint density at radius 3 is 2.81 bits per heavy atom. The monoisotopic (exact) mass is 368 g/mol. The standard InChI is InChI=1S/C20H24N4OS/c1-23-13-5-9-17(15-23)24(20(25)18-10-6-14-26-18)19(21)11-12-22-16-7-3-2-4-8-16/h2-4,6-8,10-12,14,17,21-22H,5,9,13,15H2,1H3/b12-11-,21-19?. The highest BCUT2D eigenvalue weighted by atomic mass is 32.1.